The Morgan fingerprint density at radius 2 is 1.88 bits per heavy atom. The standard InChI is InChI=1S/C25H33N3O3S2/c1-17(20-9-5-4-6-10-20)15-26-16-21-11-7-8-12-22(21)28-33(29,30)24-14-13-23(32-24)25-18(2)27-31-19(25)3/h7-8,11-14,17,20,26,28H,4-6,9-10,15-16H2,1-3H3. The maximum atomic E-state index is 13.1. The summed E-state index contributed by atoms with van der Waals surface area (Å²) in [7, 11) is -3.70. The molecule has 0 amide bonds. The van der Waals surface area contributed by atoms with E-state index in [9.17, 15) is 8.42 Å². The van der Waals surface area contributed by atoms with Crippen molar-refractivity contribution >= 4 is 27.0 Å². The van der Waals surface area contributed by atoms with Gasteiger partial charge in [-0.1, -0.05) is 62.4 Å². The van der Waals surface area contributed by atoms with Gasteiger partial charge < -0.3 is 9.84 Å². The number of rotatable bonds is 9. The van der Waals surface area contributed by atoms with Crippen molar-refractivity contribution in [3.8, 4) is 10.4 Å². The Bertz CT molecular complexity index is 1160. The van der Waals surface area contributed by atoms with Gasteiger partial charge in [0.05, 0.1) is 16.9 Å². The summed E-state index contributed by atoms with van der Waals surface area (Å²) < 4.78 is 34.6. The summed E-state index contributed by atoms with van der Waals surface area (Å²) in [4.78, 5) is 0.832. The summed E-state index contributed by atoms with van der Waals surface area (Å²) in [5.41, 5.74) is 3.17. The second-order valence-corrected chi connectivity index (χ2v) is 12.1. The van der Waals surface area contributed by atoms with Crippen LogP contribution in [0.25, 0.3) is 10.4 Å². The zero-order valence-corrected chi connectivity index (χ0v) is 21.2. The average molecular weight is 488 g/mol. The number of aromatic nitrogens is 1. The number of hydrogen-bond acceptors (Lipinski definition) is 6. The Labute approximate surface area is 200 Å². The topological polar surface area (TPSA) is 84.2 Å². The molecule has 0 spiro atoms. The van der Waals surface area contributed by atoms with E-state index in [2.05, 4.69) is 22.1 Å². The fourth-order valence-electron chi connectivity index (χ4n) is 4.71. The Balaban J connectivity index is 1.43. The van der Waals surface area contributed by atoms with E-state index in [4.69, 9.17) is 4.52 Å². The van der Waals surface area contributed by atoms with Crippen LogP contribution < -0.4 is 10.0 Å². The van der Waals surface area contributed by atoms with E-state index in [1.807, 2.05) is 44.2 Å². The smallest absolute Gasteiger partial charge is 0.271 e. The molecule has 1 aromatic carbocycles. The molecular formula is C25H33N3O3S2. The first-order valence-electron chi connectivity index (χ1n) is 11.7. The molecule has 3 aromatic rings. The van der Waals surface area contributed by atoms with Gasteiger partial charge in [-0.3, -0.25) is 4.72 Å². The highest BCUT2D eigenvalue weighted by Crippen LogP contribution is 2.35. The van der Waals surface area contributed by atoms with Crippen LogP contribution in [0.1, 0.15) is 56.0 Å². The molecule has 2 heterocycles. The highest BCUT2D eigenvalue weighted by Gasteiger charge is 2.22. The van der Waals surface area contributed by atoms with Crippen molar-refractivity contribution in [3.63, 3.8) is 0 Å². The number of para-hydroxylation sites is 1. The lowest BCUT2D eigenvalue weighted by atomic mass is 9.81. The molecule has 1 unspecified atom stereocenters. The van der Waals surface area contributed by atoms with Crippen LogP contribution in [0.2, 0.25) is 0 Å². The molecule has 0 radical (unpaired) electrons. The largest absolute Gasteiger partial charge is 0.361 e. The van der Waals surface area contributed by atoms with Crippen LogP contribution in [0.15, 0.2) is 45.1 Å². The molecule has 1 aliphatic rings. The molecule has 0 bridgehead atoms. The van der Waals surface area contributed by atoms with Gasteiger partial charge in [0, 0.05) is 11.4 Å². The van der Waals surface area contributed by atoms with E-state index in [-0.39, 0.29) is 4.21 Å². The minimum Gasteiger partial charge on any atom is -0.361 e. The van der Waals surface area contributed by atoms with Gasteiger partial charge in [0.25, 0.3) is 10.0 Å². The molecule has 8 heteroatoms. The molecule has 2 N–H and O–H groups in total. The fraction of sp³-hybridized carbons (Fsp3) is 0.480. The molecule has 178 valence electrons. The second-order valence-electron chi connectivity index (χ2n) is 9.09. The zero-order chi connectivity index (χ0) is 23.4. The first-order chi connectivity index (χ1) is 15.8. The maximum absolute atomic E-state index is 13.1. The average Bonchev–Trinajstić information content (AvgIpc) is 3.42. The van der Waals surface area contributed by atoms with Gasteiger partial charge in [-0.2, -0.15) is 0 Å². The van der Waals surface area contributed by atoms with Crippen molar-refractivity contribution in [3.05, 3.63) is 53.4 Å². The number of thiophene rings is 1. The van der Waals surface area contributed by atoms with E-state index >= 15 is 0 Å². The molecule has 4 rings (SSSR count). The van der Waals surface area contributed by atoms with Crippen LogP contribution in [0.5, 0.6) is 0 Å². The summed E-state index contributed by atoms with van der Waals surface area (Å²) in [6.45, 7) is 7.59. The molecule has 1 aliphatic carbocycles. The molecule has 33 heavy (non-hydrogen) atoms. The van der Waals surface area contributed by atoms with Gasteiger partial charge in [0.2, 0.25) is 0 Å². The van der Waals surface area contributed by atoms with E-state index in [1.165, 1.54) is 43.4 Å². The van der Waals surface area contributed by atoms with Gasteiger partial charge in [-0.15, -0.1) is 11.3 Å². The fourth-order valence-corrected chi connectivity index (χ4v) is 7.26. The second kappa shape index (κ2) is 10.4. The molecule has 6 nitrogen and oxygen atoms in total. The van der Waals surface area contributed by atoms with Crippen LogP contribution in [0.3, 0.4) is 0 Å². The number of nitrogens with one attached hydrogen (secondary N) is 2. The van der Waals surface area contributed by atoms with Crippen LogP contribution in [-0.2, 0) is 16.6 Å². The number of sulfonamides is 1. The molecular weight excluding hydrogens is 454 g/mol. The van der Waals surface area contributed by atoms with E-state index in [0.29, 0.717) is 23.9 Å². The van der Waals surface area contributed by atoms with E-state index in [0.717, 1.165) is 34.2 Å². The van der Waals surface area contributed by atoms with Gasteiger partial charge in [-0.25, -0.2) is 8.42 Å². The lowest BCUT2D eigenvalue weighted by Crippen LogP contribution is -2.27. The highest BCUT2D eigenvalue weighted by molar-refractivity contribution is 7.94. The van der Waals surface area contributed by atoms with Gasteiger partial charge in [0.1, 0.15) is 9.97 Å². The molecule has 1 atom stereocenters. The highest BCUT2D eigenvalue weighted by atomic mass is 32.2. The third kappa shape index (κ3) is 5.67. The summed E-state index contributed by atoms with van der Waals surface area (Å²) in [5, 5.41) is 7.52. The third-order valence-electron chi connectivity index (χ3n) is 6.62. The third-order valence-corrected chi connectivity index (χ3v) is 9.58. The van der Waals surface area contributed by atoms with E-state index in [1.54, 1.807) is 6.07 Å². The minimum absolute atomic E-state index is 0.270. The Morgan fingerprint density at radius 1 is 1.12 bits per heavy atom. The summed E-state index contributed by atoms with van der Waals surface area (Å²) >= 11 is 1.22. The molecule has 2 aromatic heterocycles. The summed E-state index contributed by atoms with van der Waals surface area (Å²) in [6, 6.07) is 11.0. The predicted molar refractivity (Wildman–Crippen MR) is 134 cm³/mol. The van der Waals surface area contributed by atoms with Crippen LogP contribution in [0.4, 0.5) is 5.69 Å². The van der Waals surface area contributed by atoms with Gasteiger partial charge in [0.15, 0.2) is 0 Å². The number of benzene rings is 1. The number of hydrogen-bond donors (Lipinski definition) is 2. The Kier molecular flexibility index (Phi) is 7.56. The Morgan fingerprint density at radius 3 is 2.61 bits per heavy atom. The molecule has 0 aliphatic heterocycles. The van der Waals surface area contributed by atoms with E-state index < -0.39 is 10.0 Å². The lowest BCUT2D eigenvalue weighted by Gasteiger charge is -2.28. The quantitative estimate of drug-likeness (QED) is 0.379. The van der Waals surface area contributed by atoms with Crippen LogP contribution in [-0.4, -0.2) is 20.1 Å². The van der Waals surface area contributed by atoms with Crippen molar-refractivity contribution in [2.45, 2.75) is 63.6 Å². The first-order valence-corrected chi connectivity index (χ1v) is 14.0. The van der Waals surface area contributed by atoms with Gasteiger partial charge in [-0.05, 0) is 56.0 Å². The van der Waals surface area contributed by atoms with Crippen molar-refractivity contribution in [1.29, 1.82) is 0 Å². The van der Waals surface area contributed by atoms with Crippen molar-refractivity contribution in [2.75, 3.05) is 11.3 Å². The van der Waals surface area contributed by atoms with Gasteiger partial charge >= 0.3 is 0 Å². The number of aryl methyl sites for hydroxylation is 2. The Hall–Kier alpha value is -2.16. The SMILES string of the molecule is Cc1noc(C)c1-c1ccc(S(=O)(=O)Nc2ccccc2CNCC(C)C2CCCCC2)s1. The lowest BCUT2D eigenvalue weighted by molar-refractivity contribution is 0.256. The van der Waals surface area contributed by atoms with Crippen LogP contribution >= 0.6 is 11.3 Å². The molecule has 0 saturated heterocycles. The predicted octanol–water partition coefficient (Wildman–Crippen LogP) is 6.13. The number of nitrogens with zero attached hydrogens (tertiary/aromatic N) is 1. The summed E-state index contributed by atoms with van der Waals surface area (Å²) in [5.74, 6) is 2.11. The zero-order valence-electron chi connectivity index (χ0n) is 19.6. The van der Waals surface area contributed by atoms with Crippen molar-refractivity contribution < 1.29 is 12.9 Å². The van der Waals surface area contributed by atoms with Crippen molar-refractivity contribution in [2.24, 2.45) is 11.8 Å². The van der Waals surface area contributed by atoms with Crippen molar-refractivity contribution in [1.82, 2.24) is 10.5 Å². The number of anilines is 1. The summed E-state index contributed by atoms with van der Waals surface area (Å²) in [6.07, 6.45) is 6.72. The van der Waals surface area contributed by atoms with Crippen LogP contribution in [0, 0.1) is 25.7 Å². The molecule has 1 fully saturated rings. The normalized spacial score (nSPS) is 16.1. The first kappa shape index (κ1) is 24.0. The minimum atomic E-state index is -3.70. The maximum Gasteiger partial charge on any atom is 0.271 e. The monoisotopic (exact) mass is 487 g/mol. The molecule has 1 saturated carbocycles.